The van der Waals surface area contributed by atoms with E-state index in [-0.39, 0.29) is 22.0 Å². The summed E-state index contributed by atoms with van der Waals surface area (Å²) in [5.74, 6) is -1.03. The van der Waals surface area contributed by atoms with Crippen LogP contribution in [0.2, 0.25) is 0 Å². The summed E-state index contributed by atoms with van der Waals surface area (Å²) < 4.78 is 36.4. The van der Waals surface area contributed by atoms with E-state index in [9.17, 15) is 18.0 Å². The van der Waals surface area contributed by atoms with Gasteiger partial charge in [0.2, 0.25) is 15.8 Å². The van der Waals surface area contributed by atoms with E-state index in [0.29, 0.717) is 5.56 Å². The normalized spacial score (nSPS) is 12.5. The van der Waals surface area contributed by atoms with Crippen molar-refractivity contribution in [2.75, 3.05) is 21.2 Å². The number of Topliss-reactive ketones (excluding diaryl/α,β-unsaturated/α-hetero) is 1. The second kappa shape index (κ2) is 9.19. The van der Waals surface area contributed by atoms with E-state index in [1.807, 2.05) is 19.1 Å². The van der Waals surface area contributed by atoms with E-state index in [4.69, 9.17) is 9.47 Å². The molecular formula is C21H25NO6S. The summed E-state index contributed by atoms with van der Waals surface area (Å²) in [6.45, 7) is 3.50. The lowest BCUT2D eigenvalue weighted by Crippen LogP contribution is -2.25. The van der Waals surface area contributed by atoms with Crippen molar-refractivity contribution < 1.29 is 27.5 Å². The number of carbonyl (C=O) groups excluding carboxylic acids is 2. The third kappa shape index (κ3) is 5.02. The van der Waals surface area contributed by atoms with E-state index >= 15 is 0 Å². The average Bonchev–Trinajstić information content (AvgIpc) is 2.72. The van der Waals surface area contributed by atoms with E-state index in [1.54, 1.807) is 12.1 Å². The molecule has 7 nitrogen and oxygen atoms in total. The first-order chi connectivity index (χ1) is 13.6. The lowest BCUT2D eigenvalue weighted by molar-refractivity contribution is 0.0318. The van der Waals surface area contributed by atoms with Crippen LogP contribution in [0.3, 0.4) is 0 Å². The zero-order valence-corrected chi connectivity index (χ0v) is 17.9. The van der Waals surface area contributed by atoms with Crippen LogP contribution in [-0.4, -0.2) is 51.8 Å². The van der Waals surface area contributed by atoms with Gasteiger partial charge in [0.15, 0.2) is 6.10 Å². The summed E-state index contributed by atoms with van der Waals surface area (Å²) in [6, 6.07) is 11.0. The Balaban J connectivity index is 2.24. The number of nitrogens with zero attached hydrogens (tertiary/aromatic N) is 1. The van der Waals surface area contributed by atoms with Crippen LogP contribution in [0, 0.1) is 0 Å². The van der Waals surface area contributed by atoms with E-state index in [1.165, 1.54) is 46.3 Å². The number of rotatable bonds is 8. The number of carbonyl (C=O) groups is 2. The quantitative estimate of drug-likeness (QED) is 0.483. The molecule has 0 aliphatic carbocycles. The molecule has 0 N–H and O–H groups in total. The molecule has 0 aliphatic rings. The summed E-state index contributed by atoms with van der Waals surface area (Å²) in [6.07, 6.45) is -0.166. The van der Waals surface area contributed by atoms with Crippen molar-refractivity contribution in [3.05, 3.63) is 59.2 Å². The Morgan fingerprint density at radius 1 is 1.03 bits per heavy atom. The highest BCUT2D eigenvalue weighted by atomic mass is 32.2. The summed E-state index contributed by atoms with van der Waals surface area (Å²) in [5, 5.41) is 0. The van der Waals surface area contributed by atoms with Crippen LogP contribution in [-0.2, 0) is 21.2 Å². The van der Waals surface area contributed by atoms with Gasteiger partial charge in [-0.1, -0.05) is 31.2 Å². The molecule has 2 rings (SSSR count). The molecule has 8 heteroatoms. The van der Waals surface area contributed by atoms with Crippen molar-refractivity contribution in [2.45, 2.75) is 31.3 Å². The second-order valence-electron chi connectivity index (χ2n) is 6.62. The Kier molecular flexibility index (Phi) is 7.16. The maximum Gasteiger partial charge on any atom is 0.338 e. The predicted octanol–water partition coefficient (Wildman–Crippen LogP) is 2.94. The third-order valence-electron chi connectivity index (χ3n) is 4.46. The first kappa shape index (κ1) is 22.6. The molecule has 0 fully saturated rings. The minimum atomic E-state index is -3.84. The number of sulfonamides is 1. The molecule has 0 radical (unpaired) electrons. The van der Waals surface area contributed by atoms with Crippen molar-refractivity contribution >= 4 is 21.8 Å². The molecule has 0 spiro atoms. The number of benzene rings is 2. The fraction of sp³-hybridized carbons (Fsp3) is 0.333. The van der Waals surface area contributed by atoms with Gasteiger partial charge in [-0.05, 0) is 37.1 Å². The average molecular weight is 419 g/mol. The molecule has 1 unspecified atom stereocenters. The minimum absolute atomic E-state index is 0.00667. The van der Waals surface area contributed by atoms with Crippen LogP contribution >= 0.6 is 0 Å². The zero-order chi connectivity index (χ0) is 21.8. The second-order valence-corrected chi connectivity index (χ2v) is 8.74. The predicted molar refractivity (Wildman–Crippen MR) is 109 cm³/mol. The van der Waals surface area contributed by atoms with Crippen LogP contribution in [0.5, 0.6) is 5.75 Å². The van der Waals surface area contributed by atoms with Crippen molar-refractivity contribution in [3.8, 4) is 5.75 Å². The van der Waals surface area contributed by atoms with Crippen molar-refractivity contribution in [1.29, 1.82) is 0 Å². The lowest BCUT2D eigenvalue weighted by atomic mass is 10.0. The Morgan fingerprint density at radius 3 is 2.14 bits per heavy atom. The first-order valence-corrected chi connectivity index (χ1v) is 10.5. The Morgan fingerprint density at radius 2 is 1.62 bits per heavy atom. The van der Waals surface area contributed by atoms with E-state index in [0.717, 1.165) is 16.3 Å². The largest absolute Gasteiger partial charge is 0.495 e. The molecule has 0 heterocycles. The Hall–Kier alpha value is -2.71. The third-order valence-corrected chi connectivity index (χ3v) is 6.29. The molecule has 156 valence electrons. The smallest absolute Gasteiger partial charge is 0.338 e. The number of aryl methyl sites for hydroxylation is 1. The van der Waals surface area contributed by atoms with E-state index < -0.39 is 22.1 Å². The van der Waals surface area contributed by atoms with Gasteiger partial charge in [-0.15, -0.1) is 0 Å². The molecule has 0 bridgehead atoms. The number of methoxy groups -OCH3 is 1. The van der Waals surface area contributed by atoms with Crippen molar-refractivity contribution in [2.24, 2.45) is 0 Å². The molecule has 0 saturated heterocycles. The fourth-order valence-corrected chi connectivity index (χ4v) is 3.70. The van der Waals surface area contributed by atoms with Gasteiger partial charge in [-0.2, -0.15) is 0 Å². The highest BCUT2D eigenvalue weighted by Gasteiger charge is 2.26. The molecule has 0 amide bonds. The molecule has 29 heavy (non-hydrogen) atoms. The van der Waals surface area contributed by atoms with Gasteiger partial charge in [-0.3, -0.25) is 4.79 Å². The van der Waals surface area contributed by atoms with Crippen LogP contribution < -0.4 is 4.74 Å². The van der Waals surface area contributed by atoms with Gasteiger partial charge in [-0.25, -0.2) is 17.5 Å². The molecular weight excluding hydrogens is 394 g/mol. The maximum absolute atomic E-state index is 12.5. The topological polar surface area (TPSA) is 90.0 Å². The van der Waals surface area contributed by atoms with Crippen LogP contribution in [0.1, 0.15) is 40.1 Å². The highest BCUT2D eigenvalue weighted by Crippen LogP contribution is 2.27. The maximum atomic E-state index is 12.5. The molecule has 0 saturated carbocycles. The minimum Gasteiger partial charge on any atom is -0.495 e. The van der Waals surface area contributed by atoms with Gasteiger partial charge >= 0.3 is 5.97 Å². The van der Waals surface area contributed by atoms with Gasteiger partial charge in [0.25, 0.3) is 0 Å². The van der Waals surface area contributed by atoms with Gasteiger partial charge in [0, 0.05) is 19.7 Å². The molecule has 0 aliphatic heterocycles. The lowest BCUT2D eigenvalue weighted by Gasteiger charge is -2.16. The van der Waals surface area contributed by atoms with Crippen LogP contribution in [0.15, 0.2) is 47.4 Å². The summed E-state index contributed by atoms with van der Waals surface area (Å²) in [5.41, 5.74) is 1.54. The highest BCUT2D eigenvalue weighted by molar-refractivity contribution is 7.89. The number of ketones is 1. The van der Waals surface area contributed by atoms with Crippen molar-refractivity contribution in [3.63, 3.8) is 0 Å². The van der Waals surface area contributed by atoms with E-state index in [2.05, 4.69) is 0 Å². The standard InChI is InChI=1S/C21H25NO6S/c1-6-15-7-9-16(10-8-15)20(23)14(2)28-21(24)17-11-12-18(27-5)19(13-17)29(25,26)22(3)4/h7-14H,6H2,1-5H3. The van der Waals surface area contributed by atoms with Crippen LogP contribution in [0.4, 0.5) is 0 Å². The molecule has 0 aromatic heterocycles. The molecule has 1 atom stereocenters. The Labute approximate surface area is 171 Å². The van der Waals surface area contributed by atoms with Crippen LogP contribution in [0.25, 0.3) is 0 Å². The Bertz CT molecular complexity index is 996. The zero-order valence-electron chi connectivity index (χ0n) is 17.1. The van der Waals surface area contributed by atoms with Gasteiger partial charge < -0.3 is 9.47 Å². The summed E-state index contributed by atoms with van der Waals surface area (Å²) >= 11 is 0. The number of hydrogen-bond donors (Lipinski definition) is 0. The first-order valence-electron chi connectivity index (χ1n) is 9.06. The number of esters is 1. The molecule has 2 aromatic rings. The monoisotopic (exact) mass is 419 g/mol. The fourth-order valence-electron chi connectivity index (χ4n) is 2.62. The number of ether oxygens (including phenoxy) is 2. The number of hydrogen-bond acceptors (Lipinski definition) is 6. The summed E-state index contributed by atoms with van der Waals surface area (Å²) in [7, 11) is 0.262. The van der Waals surface area contributed by atoms with Gasteiger partial charge in [0.1, 0.15) is 10.6 Å². The van der Waals surface area contributed by atoms with Crippen molar-refractivity contribution in [1.82, 2.24) is 4.31 Å². The molecule has 2 aromatic carbocycles. The SMILES string of the molecule is CCc1ccc(C(=O)C(C)OC(=O)c2ccc(OC)c(S(=O)(=O)N(C)C)c2)cc1. The summed E-state index contributed by atoms with van der Waals surface area (Å²) in [4.78, 5) is 24.9. The van der Waals surface area contributed by atoms with Gasteiger partial charge in [0.05, 0.1) is 12.7 Å².